The lowest BCUT2D eigenvalue weighted by atomic mass is 10.1. The molecule has 0 aromatic rings. The van der Waals surface area contributed by atoms with Crippen LogP contribution in [0.25, 0.3) is 0 Å². The number of primary amides is 1. The average molecular weight is 241 g/mol. The minimum atomic E-state index is -0.632. The molecular formula is C12H23N3O2. The summed E-state index contributed by atoms with van der Waals surface area (Å²) < 4.78 is 0. The van der Waals surface area contributed by atoms with Crippen LogP contribution in [0.15, 0.2) is 0 Å². The molecule has 0 aromatic carbocycles. The first kappa shape index (κ1) is 13.8. The molecule has 1 atom stereocenters. The number of carbonyl (C=O) groups is 2. The lowest BCUT2D eigenvalue weighted by Crippen LogP contribution is -2.50. The number of unbranched alkanes of at least 4 members (excludes halogenated alkanes) is 1. The molecule has 1 fully saturated rings. The molecule has 1 saturated carbocycles. The quantitative estimate of drug-likeness (QED) is 0.654. The SMILES string of the molecule is CCCC[C@H](NC(N)=O)C(=O)NC1CCCC1. The van der Waals surface area contributed by atoms with Crippen LogP contribution >= 0.6 is 0 Å². The number of hydrogen-bond acceptors (Lipinski definition) is 2. The maximum atomic E-state index is 12.0. The van der Waals surface area contributed by atoms with Gasteiger partial charge >= 0.3 is 6.03 Å². The van der Waals surface area contributed by atoms with Crippen molar-refractivity contribution >= 4 is 11.9 Å². The Bertz CT molecular complexity index is 262. The molecular weight excluding hydrogens is 218 g/mol. The molecule has 0 saturated heterocycles. The maximum Gasteiger partial charge on any atom is 0.312 e. The molecule has 1 rings (SSSR count). The standard InChI is InChI=1S/C12H23N3O2/c1-2-3-8-10(15-12(13)17)11(16)14-9-6-4-5-7-9/h9-10H,2-8H2,1H3,(H,14,16)(H3,13,15,17)/t10-/m0/s1. The first-order valence-corrected chi connectivity index (χ1v) is 6.49. The molecule has 0 spiro atoms. The second-order valence-electron chi connectivity index (χ2n) is 4.69. The van der Waals surface area contributed by atoms with Gasteiger partial charge in [0.2, 0.25) is 5.91 Å². The highest BCUT2D eigenvalue weighted by atomic mass is 16.2. The van der Waals surface area contributed by atoms with Crippen molar-refractivity contribution in [2.75, 3.05) is 0 Å². The summed E-state index contributed by atoms with van der Waals surface area (Å²) in [7, 11) is 0. The molecule has 0 unspecified atom stereocenters. The molecule has 0 aliphatic heterocycles. The lowest BCUT2D eigenvalue weighted by Gasteiger charge is -2.20. The normalized spacial score (nSPS) is 17.7. The number of nitrogens with two attached hydrogens (primary N) is 1. The van der Waals surface area contributed by atoms with E-state index in [0.29, 0.717) is 6.42 Å². The van der Waals surface area contributed by atoms with E-state index in [4.69, 9.17) is 5.73 Å². The smallest absolute Gasteiger partial charge is 0.312 e. The number of hydrogen-bond donors (Lipinski definition) is 3. The predicted molar refractivity (Wildman–Crippen MR) is 66.4 cm³/mol. The van der Waals surface area contributed by atoms with Crippen molar-refractivity contribution in [3.63, 3.8) is 0 Å². The summed E-state index contributed by atoms with van der Waals surface area (Å²) in [6, 6.07) is -0.831. The largest absolute Gasteiger partial charge is 0.352 e. The number of nitrogens with one attached hydrogen (secondary N) is 2. The number of urea groups is 1. The van der Waals surface area contributed by atoms with Gasteiger partial charge < -0.3 is 16.4 Å². The third-order valence-corrected chi connectivity index (χ3v) is 3.18. The molecule has 1 aliphatic rings. The van der Waals surface area contributed by atoms with E-state index in [2.05, 4.69) is 17.6 Å². The van der Waals surface area contributed by atoms with Crippen molar-refractivity contribution in [2.45, 2.75) is 64.0 Å². The van der Waals surface area contributed by atoms with E-state index in [-0.39, 0.29) is 11.9 Å². The third-order valence-electron chi connectivity index (χ3n) is 3.18. The van der Waals surface area contributed by atoms with Crippen molar-refractivity contribution in [2.24, 2.45) is 5.73 Å². The zero-order valence-corrected chi connectivity index (χ0v) is 10.5. The lowest BCUT2D eigenvalue weighted by molar-refractivity contribution is -0.123. The Morgan fingerprint density at radius 2 is 2.00 bits per heavy atom. The Morgan fingerprint density at radius 3 is 2.53 bits per heavy atom. The van der Waals surface area contributed by atoms with Gasteiger partial charge in [-0.2, -0.15) is 0 Å². The topological polar surface area (TPSA) is 84.2 Å². The summed E-state index contributed by atoms with van der Waals surface area (Å²) in [6.07, 6.45) is 6.99. The summed E-state index contributed by atoms with van der Waals surface area (Å²) in [5.41, 5.74) is 5.08. The summed E-state index contributed by atoms with van der Waals surface area (Å²) >= 11 is 0. The van der Waals surface area contributed by atoms with Crippen molar-refractivity contribution in [3.05, 3.63) is 0 Å². The zero-order chi connectivity index (χ0) is 12.7. The van der Waals surface area contributed by atoms with Crippen LogP contribution in [-0.4, -0.2) is 24.0 Å². The highest BCUT2D eigenvalue weighted by molar-refractivity contribution is 5.86. The Balaban J connectivity index is 2.42. The number of amides is 3. The van der Waals surface area contributed by atoms with Crippen LogP contribution in [0.4, 0.5) is 4.79 Å². The fraction of sp³-hybridized carbons (Fsp3) is 0.833. The van der Waals surface area contributed by atoms with E-state index in [1.54, 1.807) is 0 Å². The molecule has 5 nitrogen and oxygen atoms in total. The second-order valence-corrected chi connectivity index (χ2v) is 4.69. The first-order chi connectivity index (χ1) is 8.13. The van der Waals surface area contributed by atoms with Gasteiger partial charge in [0.05, 0.1) is 0 Å². The Hall–Kier alpha value is -1.26. The molecule has 0 heterocycles. The van der Waals surface area contributed by atoms with Gasteiger partial charge in [-0.05, 0) is 19.3 Å². The molecule has 5 heteroatoms. The highest BCUT2D eigenvalue weighted by Gasteiger charge is 2.23. The van der Waals surface area contributed by atoms with Gasteiger partial charge in [0.25, 0.3) is 0 Å². The van der Waals surface area contributed by atoms with E-state index in [1.807, 2.05) is 0 Å². The van der Waals surface area contributed by atoms with Gasteiger partial charge in [-0.3, -0.25) is 4.79 Å². The van der Waals surface area contributed by atoms with Gasteiger partial charge in [-0.1, -0.05) is 32.6 Å². The third kappa shape index (κ3) is 5.06. The van der Waals surface area contributed by atoms with Crippen LogP contribution in [-0.2, 0) is 4.79 Å². The number of rotatable bonds is 6. The van der Waals surface area contributed by atoms with Crippen molar-refractivity contribution in [1.29, 1.82) is 0 Å². The van der Waals surface area contributed by atoms with Crippen molar-refractivity contribution < 1.29 is 9.59 Å². The van der Waals surface area contributed by atoms with E-state index < -0.39 is 12.1 Å². The minimum Gasteiger partial charge on any atom is -0.352 e. The fourth-order valence-corrected chi connectivity index (χ4v) is 2.22. The summed E-state index contributed by atoms with van der Waals surface area (Å²) in [5.74, 6) is -0.0934. The van der Waals surface area contributed by atoms with Crippen LogP contribution in [0.1, 0.15) is 51.9 Å². The van der Waals surface area contributed by atoms with Gasteiger partial charge in [0.15, 0.2) is 0 Å². The van der Waals surface area contributed by atoms with Crippen LogP contribution in [0.3, 0.4) is 0 Å². The molecule has 0 bridgehead atoms. The average Bonchev–Trinajstić information content (AvgIpc) is 2.76. The van der Waals surface area contributed by atoms with E-state index in [1.165, 1.54) is 12.8 Å². The van der Waals surface area contributed by atoms with E-state index in [9.17, 15) is 9.59 Å². The number of carbonyl (C=O) groups excluding carboxylic acids is 2. The summed E-state index contributed by atoms with van der Waals surface area (Å²) in [6.45, 7) is 2.05. The van der Waals surface area contributed by atoms with Gasteiger partial charge in [-0.25, -0.2) is 4.79 Å². The monoisotopic (exact) mass is 241 g/mol. The molecule has 1 aliphatic carbocycles. The Kier molecular flexibility index (Phi) is 5.80. The Morgan fingerprint density at radius 1 is 1.35 bits per heavy atom. The predicted octanol–water partition coefficient (Wildman–Crippen LogP) is 1.27. The molecule has 0 radical (unpaired) electrons. The van der Waals surface area contributed by atoms with E-state index in [0.717, 1.165) is 25.7 Å². The van der Waals surface area contributed by atoms with Gasteiger partial charge in [0.1, 0.15) is 6.04 Å². The molecule has 3 amide bonds. The molecule has 4 N–H and O–H groups in total. The van der Waals surface area contributed by atoms with Gasteiger partial charge in [-0.15, -0.1) is 0 Å². The molecule has 98 valence electrons. The van der Waals surface area contributed by atoms with E-state index >= 15 is 0 Å². The van der Waals surface area contributed by atoms with Crippen LogP contribution in [0.2, 0.25) is 0 Å². The zero-order valence-electron chi connectivity index (χ0n) is 10.5. The van der Waals surface area contributed by atoms with Gasteiger partial charge in [0, 0.05) is 6.04 Å². The van der Waals surface area contributed by atoms with Crippen molar-refractivity contribution in [1.82, 2.24) is 10.6 Å². The summed E-state index contributed by atoms with van der Waals surface area (Å²) in [5, 5.41) is 5.50. The molecule has 0 aromatic heterocycles. The first-order valence-electron chi connectivity index (χ1n) is 6.49. The fourth-order valence-electron chi connectivity index (χ4n) is 2.22. The van der Waals surface area contributed by atoms with Crippen LogP contribution in [0, 0.1) is 0 Å². The minimum absolute atomic E-state index is 0.0934. The maximum absolute atomic E-state index is 12.0. The molecule has 17 heavy (non-hydrogen) atoms. The Labute approximate surface area is 103 Å². The van der Waals surface area contributed by atoms with Crippen molar-refractivity contribution in [3.8, 4) is 0 Å². The van der Waals surface area contributed by atoms with Crippen LogP contribution < -0.4 is 16.4 Å². The highest BCUT2D eigenvalue weighted by Crippen LogP contribution is 2.17. The van der Waals surface area contributed by atoms with Crippen LogP contribution in [0.5, 0.6) is 0 Å². The second kappa shape index (κ2) is 7.14. The summed E-state index contributed by atoms with van der Waals surface area (Å²) in [4.78, 5) is 22.8.